The fourth-order valence-corrected chi connectivity index (χ4v) is 1.60. The molecule has 0 saturated carbocycles. The zero-order valence-electron chi connectivity index (χ0n) is 7.75. The molecule has 0 radical (unpaired) electrons. The van der Waals surface area contributed by atoms with E-state index in [1.807, 2.05) is 6.92 Å². The number of nitrogens with zero attached hydrogens (tertiary/aromatic N) is 1. The standard InChI is InChI=1S/C8H15ClN2O2/c1-2-13-8(12)11-5-3-7(10-9)4-6-11/h7,10H,2-6H2,1H3. The number of carbonyl (C=O) groups excluding carboxylic acids is 1. The van der Waals surface area contributed by atoms with E-state index >= 15 is 0 Å². The monoisotopic (exact) mass is 206 g/mol. The molecule has 1 saturated heterocycles. The lowest BCUT2D eigenvalue weighted by atomic mass is 10.1. The number of carbonyl (C=O) groups is 1. The van der Waals surface area contributed by atoms with Crippen LogP contribution in [0.3, 0.4) is 0 Å². The van der Waals surface area contributed by atoms with Gasteiger partial charge in [0.05, 0.1) is 6.61 Å². The molecule has 0 aromatic heterocycles. The molecule has 13 heavy (non-hydrogen) atoms. The van der Waals surface area contributed by atoms with Crippen molar-refractivity contribution in [3.63, 3.8) is 0 Å². The van der Waals surface area contributed by atoms with E-state index in [2.05, 4.69) is 4.84 Å². The van der Waals surface area contributed by atoms with E-state index in [1.54, 1.807) is 4.90 Å². The van der Waals surface area contributed by atoms with Gasteiger partial charge in [-0.25, -0.2) is 9.63 Å². The third-order valence-electron chi connectivity index (χ3n) is 2.18. The minimum atomic E-state index is -0.212. The van der Waals surface area contributed by atoms with Gasteiger partial charge in [-0.05, 0) is 31.5 Å². The van der Waals surface area contributed by atoms with Gasteiger partial charge in [0.1, 0.15) is 0 Å². The lowest BCUT2D eigenvalue weighted by Crippen LogP contribution is -2.43. The van der Waals surface area contributed by atoms with Crippen molar-refractivity contribution < 1.29 is 9.53 Å². The summed E-state index contributed by atoms with van der Waals surface area (Å²) in [6.07, 6.45) is 1.57. The summed E-state index contributed by atoms with van der Waals surface area (Å²) in [7, 11) is 0. The van der Waals surface area contributed by atoms with Crippen molar-refractivity contribution in [1.82, 2.24) is 9.74 Å². The molecule has 1 aliphatic heterocycles. The summed E-state index contributed by atoms with van der Waals surface area (Å²) in [5.74, 6) is 0. The molecule has 1 N–H and O–H groups in total. The second-order valence-electron chi connectivity index (χ2n) is 3.07. The molecular weight excluding hydrogens is 192 g/mol. The maximum absolute atomic E-state index is 11.2. The molecule has 1 heterocycles. The van der Waals surface area contributed by atoms with Gasteiger partial charge in [-0.2, -0.15) is 0 Å². The predicted octanol–water partition coefficient (Wildman–Crippen LogP) is 1.35. The SMILES string of the molecule is CCOC(=O)N1CCC(NCl)CC1. The number of ether oxygens (including phenoxy) is 1. The molecule has 0 bridgehead atoms. The van der Waals surface area contributed by atoms with Gasteiger partial charge < -0.3 is 9.64 Å². The number of piperidine rings is 1. The number of hydrogen-bond donors (Lipinski definition) is 1. The summed E-state index contributed by atoms with van der Waals surface area (Å²) in [6.45, 7) is 3.70. The summed E-state index contributed by atoms with van der Waals surface area (Å²) in [5.41, 5.74) is 0. The van der Waals surface area contributed by atoms with Crippen LogP contribution in [0, 0.1) is 0 Å². The Morgan fingerprint density at radius 3 is 2.69 bits per heavy atom. The molecule has 4 nitrogen and oxygen atoms in total. The third kappa shape index (κ3) is 3.04. The Morgan fingerprint density at radius 2 is 2.23 bits per heavy atom. The fraction of sp³-hybridized carbons (Fsp3) is 0.875. The van der Waals surface area contributed by atoms with Gasteiger partial charge in [-0.3, -0.25) is 0 Å². The predicted molar refractivity (Wildman–Crippen MR) is 50.6 cm³/mol. The molecule has 1 amide bonds. The number of halogens is 1. The Balaban J connectivity index is 2.28. The highest BCUT2D eigenvalue weighted by Crippen LogP contribution is 2.11. The number of hydrogen-bond acceptors (Lipinski definition) is 3. The minimum absolute atomic E-state index is 0.212. The van der Waals surface area contributed by atoms with Gasteiger partial charge in [-0.15, -0.1) is 0 Å². The van der Waals surface area contributed by atoms with Crippen molar-refractivity contribution in [3.05, 3.63) is 0 Å². The van der Waals surface area contributed by atoms with Crippen LogP contribution in [0.25, 0.3) is 0 Å². The van der Waals surface area contributed by atoms with E-state index in [0.717, 1.165) is 25.9 Å². The molecule has 5 heteroatoms. The first-order chi connectivity index (χ1) is 6.27. The summed E-state index contributed by atoms with van der Waals surface area (Å²) in [6, 6.07) is 0.326. The van der Waals surface area contributed by atoms with E-state index < -0.39 is 0 Å². The highest BCUT2D eigenvalue weighted by molar-refractivity contribution is 6.13. The second-order valence-corrected chi connectivity index (χ2v) is 3.29. The van der Waals surface area contributed by atoms with E-state index in [9.17, 15) is 4.79 Å². The molecule has 0 aromatic carbocycles. The van der Waals surface area contributed by atoms with Crippen LogP contribution in [0.5, 0.6) is 0 Å². The Hall–Kier alpha value is -0.480. The van der Waals surface area contributed by atoms with Crippen molar-refractivity contribution in [3.8, 4) is 0 Å². The van der Waals surface area contributed by atoms with Gasteiger partial charge in [0.2, 0.25) is 0 Å². The van der Waals surface area contributed by atoms with Crippen molar-refractivity contribution in [1.29, 1.82) is 0 Å². The van der Waals surface area contributed by atoms with Gasteiger partial charge in [0.15, 0.2) is 0 Å². The van der Waals surface area contributed by atoms with Crippen molar-refractivity contribution in [2.75, 3.05) is 19.7 Å². The average Bonchev–Trinajstić information content (AvgIpc) is 2.18. The van der Waals surface area contributed by atoms with Gasteiger partial charge >= 0.3 is 6.09 Å². The van der Waals surface area contributed by atoms with E-state index in [0.29, 0.717) is 12.6 Å². The largest absolute Gasteiger partial charge is 0.450 e. The van der Waals surface area contributed by atoms with Gasteiger partial charge in [-0.1, -0.05) is 0 Å². The maximum atomic E-state index is 11.2. The lowest BCUT2D eigenvalue weighted by molar-refractivity contribution is 0.0966. The Kier molecular flexibility index (Phi) is 4.32. The van der Waals surface area contributed by atoms with Crippen LogP contribution in [0.4, 0.5) is 4.79 Å². The smallest absolute Gasteiger partial charge is 0.409 e. The lowest BCUT2D eigenvalue weighted by Gasteiger charge is -2.30. The zero-order valence-corrected chi connectivity index (χ0v) is 8.51. The minimum Gasteiger partial charge on any atom is -0.450 e. The van der Waals surface area contributed by atoms with Crippen LogP contribution in [0.1, 0.15) is 19.8 Å². The van der Waals surface area contributed by atoms with Crippen LogP contribution in [0.15, 0.2) is 0 Å². The molecular formula is C8H15ClN2O2. The highest BCUT2D eigenvalue weighted by Gasteiger charge is 2.22. The highest BCUT2D eigenvalue weighted by atomic mass is 35.5. The van der Waals surface area contributed by atoms with Gasteiger partial charge in [0, 0.05) is 19.1 Å². The average molecular weight is 207 g/mol. The molecule has 0 spiro atoms. The van der Waals surface area contributed by atoms with Crippen LogP contribution in [0.2, 0.25) is 0 Å². The van der Waals surface area contributed by atoms with Gasteiger partial charge in [0.25, 0.3) is 0 Å². The first kappa shape index (κ1) is 10.6. The molecule has 1 rings (SSSR count). The number of nitrogens with one attached hydrogen (secondary N) is 1. The van der Waals surface area contributed by atoms with E-state index in [1.165, 1.54) is 0 Å². The summed E-state index contributed by atoms with van der Waals surface area (Å²) in [4.78, 5) is 15.6. The van der Waals surface area contributed by atoms with Crippen molar-refractivity contribution in [2.45, 2.75) is 25.8 Å². The van der Waals surface area contributed by atoms with Crippen LogP contribution in [-0.2, 0) is 4.74 Å². The van der Waals surface area contributed by atoms with Crippen LogP contribution >= 0.6 is 11.8 Å². The number of rotatable bonds is 2. The molecule has 1 aliphatic rings. The molecule has 0 aromatic rings. The van der Waals surface area contributed by atoms with Crippen LogP contribution < -0.4 is 4.84 Å². The Labute approximate surface area is 83.3 Å². The summed E-state index contributed by atoms with van der Waals surface area (Å²) < 4.78 is 4.88. The molecule has 76 valence electrons. The quantitative estimate of drug-likeness (QED) is 0.694. The first-order valence-corrected chi connectivity index (χ1v) is 4.93. The van der Waals surface area contributed by atoms with Crippen LogP contribution in [-0.4, -0.2) is 36.7 Å². The summed E-state index contributed by atoms with van der Waals surface area (Å²) >= 11 is 5.48. The first-order valence-electron chi connectivity index (χ1n) is 4.55. The number of amides is 1. The molecule has 0 atom stereocenters. The summed E-state index contributed by atoms with van der Waals surface area (Å²) in [5, 5.41) is 0. The molecule has 0 aliphatic carbocycles. The number of likely N-dealkylation sites (tertiary alicyclic amines) is 1. The third-order valence-corrected chi connectivity index (χ3v) is 2.48. The van der Waals surface area contributed by atoms with Crippen molar-refractivity contribution in [2.24, 2.45) is 0 Å². The van der Waals surface area contributed by atoms with E-state index in [4.69, 9.17) is 16.5 Å². The molecule has 0 unspecified atom stereocenters. The maximum Gasteiger partial charge on any atom is 0.409 e. The van der Waals surface area contributed by atoms with Crippen molar-refractivity contribution >= 4 is 17.9 Å². The molecule has 1 fully saturated rings. The Bertz CT molecular complexity index is 170. The fourth-order valence-electron chi connectivity index (χ4n) is 1.39. The normalized spacial score (nSPS) is 18.8. The second kappa shape index (κ2) is 5.29. The Morgan fingerprint density at radius 1 is 1.62 bits per heavy atom. The van der Waals surface area contributed by atoms with E-state index in [-0.39, 0.29) is 6.09 Å². The zero-order chi connectivity index (χ0) is 9.68. The topological polar surface area (TPSA) is 41.6 Å².